The van der Waals surface area contributed by atoms with Gasteiger partial charge in [0.15, 0.2) is 11.2 Å². The highest BCUT2D eigenvalue weighted by Gasteiger charge is 2.41. The highest BCUT2D eigenvalue weighted by atomic mass is 16.2. The Morgan fingerprint density at radius 3 is 2.40 bits per heavy atom. The molecule has 8 rings (SSSR count). The molecular formula is C32H29N7O3. The molecule has 3 aliphatic rings. The van der Waals surface area contributed by atoms with Crippen molar-refractivity contribution in [3.8, 4) is 0 Å². The molecule has 10 heteroatoms. The van der Waals surface area contributed by atoms with Crippen LogP contribution in [0.4, 0.5) is 11.9 Å². The van der Waals surface area contributed by atoms with Gasteiger partial charge in [0.25, 0.3) is 11.8 Å². The first-order valence-electron chi connectivity index (χ1n) is 14.5. The number of nitrogens with zero attached hydrogens (tertiary/aromatic N) is 6. The first kappa shape index (κ1) is 24.8. The summed E-state index contributed by atoms with van der Waals surface area (Å²) in [5.41, 5.74) is 2.73. The second-order valence-corrected chi connectivity index (χ2v) is 11.3. The van der Waals surface area contributed by atoms with E-state index in [4.69, 9.17) is 4.98 Å². The number of nitrogens with one attached hydrogen (secondary N) is 1. The van der Waals surface area contributed by atoms with E-state index in [9.17, 15) is 14.4 Å². The van der Waals surface area contributed by atoms with Crippen molar-refractivity contribution in [2.24, 2.45) is 0 Å². The number of imidazole rings is 1. The summed E-state index contributed by atoms with van der Waals surface area (Å²) < 4.78 is 2.04. The molecule has 3 aromatic carbocycles. The molecule has 5 heterocycles. The molecule has 0 radical (unpaired) electrons. The molecular weight excluding hydrogens is 530 g/mol. The number of aryl methyl sites for hydroxylation is 1. The molecule has 5 aromatic rings. The number of carbonyl (C=O) groups is 2. The average Bonchev–Trinajstić information content (AvgIpc) is 3.58. The van der Waals surface area contributed by atoms with Gasteiger partial charge in [0.05, 0.1) is 17.2 Å². The van der Waals surface area contributed by atoms with Crippen LogP contribution in [-0.4, -0.2) is 61.9 Å². The molecule has 210 valence electrons. The molecule has 10 nitrogen and oxygen atoms in total. The summed E-state index contributed by atoms with van der Waals surface area (Å²) in [5.74, 6) is 0.715. The minimum absolute atomic E-state index is 0.242. The second-order valence-electron chi connectivity index (χ2n) is 11.3. The fourth-order valence-corrected chi connectivity index (χ4v) is 6.80. The molecule has 1 atom stereocenters. The zero-order valence-corrected chi connectivity index (χ0v) is 23.0. The van der Waals surface area contributed by atoms with Gasteiger partial charge in [-0.05, 0) is 47.7 Å². The monoisotopic (exact) mass is 559 g/mol. The number of imide groups is 1. The topological polar surface area (TPSA) is 107 Å². The second kappa shape index (κ2) is 9.54. The van der Waals surface area contributed by atoms with E-state index >= 15 is 0 Å². The van der Waals surface area contributed by atoms with Crippen molar-refractivity contribution in [3.63, 3.8) is 0 Å². The molecule has 0 spiro atoms. The fourth-order valence-electron chi connectivity index (χ4n) is 6.80. The molecule has 0 aliphatic carbocycles. The van der Waals surface area contributed by atoms with E-state index in [-0.39, 0.29) is 23.4 Å². The molecule has 0 unspecified atom stereocenters. The van der Waals surface area contributed by atoms with Crippen molar-refractivity contribution in [2.75, 3.05) is 29.4 Å². The van der Waals surface area contributed by atoms with E-state index in [0.717, 1.165) is 25.8 Å². The van der Waals surface area contributed by atoms with Crippen LogP contribution in [0.25, 0.3) is 21.9 Å². The van der Waals surface area contributed by atoms with Crippen LogP contribution in [0.15, 0.2) is 71.5 Å². The lowest BCUT2D eigenvalue weighted by Crippen LogP contribution is -2.50. The number of hydrogen-bond donors (Lipinski definition) is 1. The highest BCUT2D eigenvalue weighted by molar-refractivity contribution is 6.21. The van der Waals surface area contributed by atoms with Gasteiger partial charge < -0.3 is 14.8 Å². The number of benzene rings is 3. The SMILES string of the molecule is O=C1c2ccccc2C(=O)N1[C@@H]1CCCN(c2nc3c([nH]2)c(=O)nc2n3CCCN2Cc2cccc3ccccc23)C1. The maximum Gasteiger partial charge on any atom is 0.300 e. The fraction of sp³-hybridized carbons (Fsp3) is 0.281. The summed E-state index contributed by atoms with van der Waals surface area (Å²) in [4.78, 5) is 57.9. The van der Waals surface area contributed by atoms with Crippen LogP contribution in [0, 0.1) is 0 Å². The van der Waals surface area contributed by atoms with E-state index in [0.29, 0.717) is 60.4 Å². The Morgan fingerprint density at radius 2 is 1.57 bits per heavy atom. The lowest BCUT2D eigenvalue weighted by Gasteiger charge is -2.36. The van der Waals surface area contributed by atoms with Gasteiger partial charge in [0.1, 0.15) is 0 Å². The van der Waals surface area contributed by atoms with Crippen molar-refractivity contribution < 1.29 is 9.59 Å². The highest BCUT2D eigenvalue weighted by Crippen LogP contribution is 2.31. The zero-order chi connectivity index (χ0) is 28.4. The lowest BCUT2D eigenvalue weighted by molar-refractivity contribution is 0.0569. The van der Waals surface area contributed by atoms with Gasteiger partial charge in [-0.15, -0.1) is 0 Å². The molecule has 2 aromatic heterocycles. The van der Waals surface area contributed by atoms with E-state index < -0.39 is 0 Å². The average molecular weight is 560 g/mol. The summed E-state index contributed by atoms with van der Waals surface area (Å²) >= 11 is 0. The predicted octanol–water partition coefficient (Wildman–Crippen LogP) is 3.95. The molecule has 1 saturated heterocycles. The molecule has 0 bridgehead atoms. The van der Waals surface area contributed by atoms with E-state index in [1.165, 1.54) is 21.2 Å². The lowest BCUT2D eigenvalue weighted by atomic mass is 10.0. The van der Waals surface area contributed by atoms with Crippen molar-refractivity contribution in [1.82, 2.24) is 24.4 Å². The number of rotatable bonds is 4. The van der Waals surface area contributed by atoms with Crippen molar-refractivity contribution in [1.29, 1.82) is 0 Å². The Morgan fingerprint density at radius 1 is 0.810 bits per heavy atom. The Balaban J connectivity index is 1.10. The standard InChI is InChI=1S/C32H29N7O3/c40-28-26-27(38-17-7-16-37(32(38)35-28)18-21-10-5-9-20-8-1-2-12-23(20)21)34-31(33-26)36-15-6-11-22(19-36)39-29(41)24-13-3-4-14-25(24)30(39)42/h1-5,8-10,12-14,22H,6-7,11,15-19H2,(H,33,34)/t22-/m1/s1. The number of aromatic nitrogens is 4. The molecule has 0 saturated carbocycles. The molecule has 42 heavy (non-hydrogen) atoms. The predicted molar refractivity (Wildman–Crippen MR) is 160 cm³/mol. The van der Waals surface area contributed by atoms with Crippen LogP contribution < -0.4 is 15.4 Å². The Kier molecular flexibility index (Phi) is 5.63. The Labute approximate surface area is 241 Å². The van der Waals surface area contributed by atoms with Crippen molar-refractivity contribution >= 4 is 45.6 Å². The van der Waals surface area contributed by atoms with Crippen LogP contribution in [0.1, 0.15) is 45.5 Å². The van der Waals surface area contributed by atoms with Gasteiger partial charge in [0, 0.05) is 32.7 Å². The summed E-state index contributed by atoms with van der Waals surface area (Å²) in [7, 11) is 0. The van der Waals surface area contributed by atoms with Crippen molar-refractivity contribution in [2.45, 2.75) is 38.4 Å². The third kappa shape index (κ3) is 3.82. The summed E-state index contributed by atoms with van der Waals surface area (Å²) in [6.07, 6.45) is 2.43. The van der Waals surface area contributed by atoms with Gasteiger partial charge in [-0.1, -0.05) is 54.6 Å². The quantitative estimate of drug-likeness (QED) is 0.332. The normalized spacial score (nSPS) is 18.7. The van der Waals surface area contributed by atoms with Gasteiger partial charge in [-0.2, -0.15) is 9.97 Å². The van der Waals surface area contributed by atoms with Gasteiger partial charge in [0.2, 0.25) is 11.9 Å². The molecule has 1 N–H and O–H groups in total. The van der Waals surface area contributed by atoms with Crippen LogP contribution >= 0.6 is 0 Å². The summed E-state index contributed by atoms with van der Waals surface area (Å²) in [5, 5.41) is 2.38. The van der Waals surface area contributed by atoms with Gasteiger partial charge in [-0.3, -0.25) is 23.9 Å². The largest absolute Gasteiger partial charge is 0.340 e. The number of hydrogen-bond acceptors (Lipinski definition) is 7. The number of anilines is 2. The number of fused-ring (bicyclic) bond motifs is 5. The number of H-pyrrole nitrogens is 1. The number of piperidine rings is 1. The first-order valence-corrected chi connectivity index (χ1v) is 14.5. The minimum Gasteiger partial charge on any atom is -0.340 e. The van der Waals surface area contributed by atoms with Crippen LogP contribution in [0.3, 0.4) is 0 Å². The zero-order valence-electron chi connectivity index (χ0n) is 23.0. The smallest absolute Gasteiger partial charge is 0.300 e. The van der Waals surface area contributed by atoms with Gasteiger partial charge in [-0.25, -0.2) is 0 Å². The minimum atomic E-state index is -0.339. The molecule has 3 aliphatic heterocycles. The summed E-state index contributed by atoms with van der Waals surface area (Å²) in [6, 6.07) is 21.4. The van der Waals surface area contributed by atoms with E-state index in [2.05, 4.69) is 45.2 Å². The number of aromatic amines is 1. The number of carbonyl (C=O) groups excluding carboxylic acids is 2. The third-order valence-electron chi connectivity index (χ3n) is 8.81. The maximum atomic E-state index is 13.3. The van der Waals surface area contributed by atoms with Crippen molar-refractivity contribution in [3.05, 3.63) is 93.8 Å². The van der Waals surface area contributed by atoms with Crippen LogP contribution in [0.2, 0.25) is 0 Å². The Hall–Kier alpha value is -4.99. The summed E-state index contributed by atoms with van der Waals surface area (Å²) in [6.45, 7) is 3.32. The third-order valence-corrected chi connectivity index (χ3v) is 8.81. The molecule has 1 fully saturated rings. The van der Waals surface area contributed by atoms with E-state index in [1.54, 1.807) is 24.3 Å². The number of amides is 2. The van der Waals surface area contributed by atoms with Crippen LogP contribution in [-0.2, 0) is 13.1 Å². The van der Waals surface area contributed by atoms with E-state index in [1.807, 2.05) is 21.6 Å². The molecule has 2 amide bonds. The van der Waals surface area contributed by atoms with Gasteiger partial charge >= 0.3 is 5.56 Å². The maximum absolute atomic E-state index is 13.3. The first-order chi connectivity index (χ1) is 20.6. The van der Waals surface area contributed by atoms with Crippen LogP contribution in [0.5, 0.6) is 0 Å². The Bertz CT molecular complexity index is 1920.